The van der Waals surface area contributed by atoms with E-state index in [2.05, 4.69) is 0 Å². The van der Waals surface area contributed by atoms with Gasteiger partial charge in [-0.15, -0.1) is 0 Å². The van der Waals surface area contributed by atoms with Gasteiger partial charge in [0, 0.05) is 14.1 Å². The van der Waals surface area contributed by atoms with Crippen molar-refractivity contribution in [3.63, 3.8) is 0 Å². The minimum atomic E-state index is -2.82. The van der Waals surface area contributed by atoms with Crippen LogP contribution < -0.4 is 10.4 Å². The summed E-state index contributed by atoms with van der Waals surface area (Å²) < 4.78 is 3.29. The molecule has 0 bridgehead atoms. The number of amides is 2. The van der Waals surface area contributed by atoms with E-state index in [9.17, 15) is 9.59 Å². The van der Waals surface area contributed by atoms with Crippen LogP contribution in [0.15, 0.2) is 60.7 Å². The zero-order chi connectivity index (χ0) is 15.3. The van der Waals surface area contributed by atoms with Crippen LogP contribution in [0, 0.1) is 0 Å². The minimum absolute atomic E-state index is 0.798. The van der Waals surface area contributed by atoms with Crippen LogP contribution in [0.25, 0.3) is 0 Å². The Hall–Kier alpha value is -2.40. The molecule has 0 aliphatic rings. The first-order valence-corrected chi connectivity index (χ1v) is 8.55. The van der Waals surface area contributed by atoms with E-state index in [1.807, 2.05) is 60.7 Å². The van der Waals surface area contributed by atoms with Crippen molar-refractivity contribution in [3.05, 3.63) is 60.7 Å². The van der Waals surface area contributed by atoms with Gasteiger partial charge in [0.05, 0.1) is 0 Å². The highest BCUT2D eigenvalue weighted by Gasteiger charge is 2.46. The van der Waals surface area contributed by atoms with E-state index in [-0.39, 0.29) is 0 Å². The van der Waals surface area contributed by atoms with Crippen LogP contribution >= 0.6 is 0 Å². The predicted octanol–water partition coefficient (Wildman–Crippen LogP) is 0.419. The van der Waals surface area contributed by atoms with E-state index in [0.717, 1.165) is 23.2 Å². The molecule has 5 heteroatoms. The lowest BCUT2D eigenvalue weighted by Crippen LogP contribution is -2.77. The lowest BCUT2D eigenvalue weighted by Gasteiger charge is -2.42. The summed E-state index contributed by atoms with van der Waals surface area (Å²) in [7, 11) is 0.647. The monoisotopic (exact) mass is 298 g/mol. The van der Waals surface area contributed by atoms with Crippen molar-refractivity contribution in [1.29, 1.82) is 0 Å². The topological polar surface area (TPSA) is 40.6 Å². The second kappa shape index (κ2) is 6.36. The van der Waals surface area contributed by atoms with Gasteiger partial charge in [0.25, 0.3) is 0 Å². The van der Waals surface area contributed by atoms with Crippen LogP contribution in [0.1, 0.15) is 0 Å². The molecule has 2 aromatic rings. The zero-order valence-electron chi connectivity index (χ0n) is 12.1. The van der Waals surface area contributed by atoms with Crippen LogP contribution in [0.5, 0.6) is 0 Å². The van der Waals surface area contributed by atoms with Crippen molar-refractivity contribution in [1.82, 2.24) is 9.13 Å². The molecule has 0 aliphatic heterocycles. The number of hydrogen-bond acceptors (Lipinski definition) is 2. The van der Waals surface area contributed by atoms with Crippen LogP contribution in [0.4, 0.5) is 0 Å². The van der Waals surface area contributed by atoms with Crippen molar-refractivity contribution >= 4 is 31.6 Å². The number of hydrogen-bond donors (Lipinski definition) is 0. The molecular weight excluding hydrogens is 280 g/mol. The molecule has 4 nitrogen and oxygen atoms in total. The molecule has 0 spiro atoms. The molecule has 2 amide bonds. The second-order valence-corrected chi connectivity index (χ2v) is 8.75. The summed E-state index contributed by atoms with van der Waals surface area (Å²) in [6.45, 7) is 0. The van der Waals surface area contributed by atoms with Gasteiger partial charge in [-0.3, -0.25) is 9.59 Å². The Kier molecular flexibility index (Phi) is 4.54. The van der Waals surface area contributed by atoms with E-state index < -0.39 is 8.40 Å². The molecule has 0 N–H and O–H groups in total. The Morgan fingerprint density at radius 2 is 1.05 bits per heavy atom. The average molecular weight is 298 g/mol. The molecule has 0 aliphatic carbocycles. The molecule has 0 saturated carbocycles. The molecule has 0 atom stereocenters. The van der Waals surface area contributed by atoms with Crippen LogP contribution in [0.2, 0.25) is 0 Å². The fourth-order valence-corrected chi connectivity index (χ4v) is 6.80. The highest BCUT2D eigenvalue weighted by molar-refractivity contribution is 6.99. The average Bonchev–Trinajstić information content (AvgIpc) is 2.57. The largest absolute Gasteiger partial charge is 0.350 e. The number of rotatable bonds is 6. The van der Waals surface area contributed by atoms with E-state index >= 15 is 0 Å². The summed E-state index contributed by atoms with van der Waals surface area (Å²) in [5.74, 6) is 0. The molecule has 2 rings (SSSR count). The Morgan fingerprint density at radius 3 is 1.33 bits per heavy atom. The first-order valence-electron chi connectivity index (χ1n) is 6.65. The number of nitrogens with zero attached hydrogens (tertiary/aromatic N) is 2. The smallest absolute Gasteiger partial charge is 0.334 e. The Balaban J connectivity index is 2.78. The summed E-state index contributed by atoms with van der Waals surface area (Å²) >= 11 is 0. The van der Waals surface area contributed by atoms with Gasteiger partial charge in [-0.05, 0) is 10.4 Å². The van der Waals surface area contributed by atoms with Crippen LogP contribution in [-0.2, 0) is 9.59 Å². The maximum Gasteiger partial charge on any atom is 0.334 e. The molecule has 21 heavy (non-hydrogen) atoms. The lowest BCUT2D eigenvalue weighted by atomic mass is 10.4. The summed E-state index contributed by atoms with van der Waals surface area (Å²) in [4.78, 5) is 23.1. The molecule has 0 fully saturated rings. The molecule has 0 unspecified atom stereocenters. The second-order valence-electron chi connectivity index (χ2n) is 4.84. The van der Waals surface area contributed by atoms with Crippen molar-refractivity contribution in [2.24, 2.45) is 0 Å². The van der Waals surface area contributed by atoms with E-state index in [1.165, 1.54) is 0 Å². The zero-order valence-corrected chi connectivity index (χ0v) is 13.1. The van der Waals surface area contributed by atoms with Gasteiger partial charge in [0.15, 0.2) is 0 Å². The Bertz CT molecular complexity index is 549. The first kappa shape index (κ1) is 15.0. The third-order valence-electron chi connectivity index (χ3n) is 3.69. The van der Waals surface area contributed by atoms with Crippen LogP contribution in [0.3, 0.4) is 0 Å². The number of benzene rings is 2. The molecule has 0 aromatic heterocycles. The van der Waals surface area contributed by atoms with Crippen molar-refractivity contribution < 1.29 is 9.59 Å². The van der Waals surface area contributed by atoms with Gasteiger partial charge in [-0.1, -0.05) is 60.7 Å². The third-order valence-corrected chi connectivity index (χ3v) is 8.22. The predicted molar refractivity (Wildman–Crippen MR) is 85.6 cm³/mol. The highest BCUT2D eigenvalue weighted by atomic mass is 28.3. The normalized spacial score (nSPS) is 10.8. The van der Waals surface area contributed by atoms with E-state index in [1.54, 1.807) is 23.2 Å². The standard InChI is InChI=1S/C16H18N2O2Si/c1-17(13-19)21(18(2)14-20,15-9-5-3-6-10-15)16-11-7-4-8-12-16/h3-14H,1-2H3. The van der Waals surface area contributed by atoms with Crippen LogP contribution in [-0.4, -0.2) is 44.4 Å². The van der Waals surface area contributed by atoms with Crippen molar-refractivity contribution in [2.45, 2.75) is 0 Å². The lowest BCUT2D eigenvalue weighted by molar-refractivity contribution is -0.115. The van der Waals surface area contributed by atoms with Gasteiger partial charge in [-0.25, -0.2) is 0 Å². The highest BCUT2D eigenvalue weighted by Crippen LogP contribution is 2.11. The van der Waals surface area contributed by atoms with Gasteiger partial charge in [0.2, 0.25) is 12.8 Å². The minimum Gasteiger partial charge on any atom is -0.350 e. The maximum atomic E-state index is 11.5. The van der Waals surface area contributed by atoms with E-state index in [4.69, 9.17) is 0 Å². The summed E-state index contributed by atoms with van der Waals surface area (Å²) in [5, 5.41) is 1.97. The Labute approximate surface area is 125 Å². The number of carbonyl (C=O) groups excluding carboxylic acids is 2. The molecule has 2 aromatic carbocycles. The fourth-order valence-electron chi connectivity index (χ4n) is 2.72. The van der Waals surface area contributed by atoms with Gasteiger partial charge in [-0.2, -0.15) is 0 Å². The SMILES string of the molecule is CN(C=O)[Si](c1ccccc1)(c1ccccc1)N(C)C=O. The molecule has 108 valence electrons. The molecule has 0 radical (unpaired) electrons. The first-order chi connectivity index (χ1) is 10.2. The molecule has 0 saturated heterocycles. The summed E-state index contributed by atoms with van der Waals surface area (Å²) in [6.07, 6.45) is 1.60. The quantitative estimate of drug-likeness (QED) is 0.573. The molecular formula is C16H18N2O2Si. The molecule has 0 heterocycles. The van der Waals surface area contributed by atoms with Crippen molar-refractivity contribution in [3.8, 4) is 0 Å². The van der Waals surface area contributed by atoms with Gasteiger partial charge < -0.3 is 9.13 Å². The summed E-state index contributed by atoms with van der Waals surface area (Å²) in [5.41, 5.74) is 0. The van der Waals surface area contributed by atoms with Crippen molar-refractivity contribution in [2.75, 3.05) is 14.1 Å². The third kappa shape index (κ3) is 2.47. The number of carbonyl (C=O) groups is 2. The fraction of sp³-hybridized carbons (Fsp3) is 0.125. The van der Waals surface area contributed by atoms with Gasteiger partial charge >= 0.3 is 8.40 Å². The van der Waals surface area contributed by atoms with E-state index in [0.29, 0.717) is 0 Å². The maximum absolute atomic E-state index is 11.5. The summed E-state index contributed by atoms with van der Waals surface area (Å²) in [6, 6.07) is 19.4. The Morgan fingerprint density at radius 1 is 0.714 bits per heavy atom. The van der Waals surface area contributed by atoms with Gasteiger partial charge in [0.1, 0.15) is 0 Å².